The number of aromatic nitrogens is 2. The lowest BCUT2D eigenvalue weighted by molar-refractivity contribution is -0.120. The molecular formula is C27H33FN6O3. The summed E-state index contributed by atoms with van der Waals surface area (Å²) in [5, 5.41) is 14.4. The van der Waals surface area contributed by atoms with E-state index < -0.39 is 11.8 Å². The number of benzene rings is 2. The minimum Gasteiger partial charge on any atom is -0.382 e. The van der Waals surface area contributed by atoms with Crippen LogP contribution in [0.1, 0.15) is 46.1 Å². The van der Waals surface area contributed by atoms with Crippen LogP contribution in [0.15, 0.2) is 36.4 Å². The summed E-state index contributed by atoms with van der Waals surface area (Å²) in [6, 6.07) is 10.5. The Hall–Kier alpha value is -3.97. The minimum atomic E-state index is -0.661. The van der Waals surface area contributed by atoms with Crippen molar-refractivity contribution in [1.29, 1.82) is 5.26 Å². The third kappa shape index (κ3) is 7.27. The smallest absolute Gasteiger partial charge is 0.326 e. The van der Waals surface area contributed by atoms with Crippen molar-refractivity contribution < 1.29 is 18.7 Å². The number of ether oxygens (including phenoxy) is 1. The van der Waals surface area contributed by atoms with Gasteiger partial charge in [0.1, 0.15) is 11.9 Å². The second-order valence-electron chi connectivity index (χ2n) is 9.89. The fourth-order valence-corrected chi connectivity index (χ4v) is 3.79. The summed E-state index contributed by atoms with van der Waals surface area (Å²) in [7, 11) is 1.74. The maximum atomic E-state index is 13.6. The lowest BCUT2D eigenvalue weighted by Crippen LogP contribution is -2.29. The average molecular weight is 509 g/mol. The monoisotopic (exact) mass is 508 g/mol. The van der Waals surface area contributed by atoms with E-state index in [1.807, 2.05) is 50.5 Å². The number of amides is 3. The van der Waals surface area contributed by atoms with Crippen LogP contribution >= 0.6 is 0 Å². The molecule has 0 aliphatic carbocycles. The Labute approximate surface area is 216 Å². The van der Waals surface area contributed by atoms with Gasteiger partial charge in [-0.2, -0.15) is 5.26 Å². The van der Waals surface area contributed by atoms with Crippen LogP contribution in [-0.4, -0.2) is 41.8 Å². The zero-order valence-corrected chi connectivity index (χ0v) is 21.9. The number of nitrogens with one attached hydrogen (secondary N) is 2. The van der Waals surface area contributed by atoms with Gasteiger partial charge in [-0.3, -0.25) is 10.1 Å². The third-order valence-electron chi connectivity index (χ3n) is 5.62. The summed E-state index contributed by atoms with van der Waals surface area (Å²) in [5.41, 5.74) is 2.08. The molecule has 0 radical (unpaired) electrons. The topological polar surface area (TPSA) is 112 Å². The molecule has 0 saturated heterocycles. The molecule has 0 unspecified atom stereocenters. The summed E-state index contributed by atoms with van der Waals surface area (Å²) in [5.74, 6) is -0.351. The SMILES string of the molecule is CCOCCCn1c(NC(=O)Nc2ccc(F)c(C#N)c2)nc2cc(N(C)C(=O)CC(C)(C)C)ccc21. The number of imidazole rings is 1. The molecular weight excluding hydrogens is 475 g/mol. The molecule has 0 atom stereocenters. The molecule has 2 N–H and O–H groups in total. The second kappa shape index (κ2) is 11.8. The van der Waals surface area contributed by atoms with Crippen molar-refractivity contribution in [3.05, 3.63) is 47.8 Å². The first kappa shape index (κ1) is 27.6. The van der Waals surface area contributed by atoms with Crippen LogP contribution in [0.3, 0.4) is 0 Å². The number of carbonyl (C=O) groups excluding carboxylic acids is 2. The summed E-state index contributed by atoms with van der Waals surface area (Å²) in [6.45, 7) is 9.68. The fraction of sp³-hybridized carbons (Fsp3) is 0.407. The van der Waals surface area contributed by atoms with Crippen molar-refractivity contribution >= 4 is 40.3 Å². The summed E-state index contributed by atoms with van der Waals surface area (Å²) < 4.78 is 21.0. The number of nitriles is 1. The van der Waals surface area contributed by atoms with E-state index in [-0.39, 0.29) is 22.6 Å². The van der Waals surface area contributed by atoms with E-state index in [0.29, 0.717) is 49.8 Å². The number of hydrogen-bond donors (Lipinski definition) is 2. The average Bonchev–Trinajstić information content (AvgIpc) is 3.17. The number of fused-ring (bicyclic) bond motifs is 1. The maximum absolute atomic E-state index is 13.6. The van der Waals surface area contributed by atoms with Gasteiger partial charge in [-0.1, -0.05) is 20.8 Å². The summed E-state index contributed by atoms with van der Waals surface area (Å²) in [6.07, 6.45) is 1.10. The van der Waals surface area contributed by atoms with Gasteiger partial charge in [-0.15, -0.1) is 0 Å². The van der Waals surface area contributed by atoms with Crippen molar-refractivity contribution in [2.75, 3.05) is 35.8 Å². The molecule has 196 valence electrons. The van der Waals surface area contributed by atoms with Gasteiger partial charge in [0, 0.05) is 44.6 Å². The molecule has 1 aromatic heterocycles. The van der Waals surface area contributed by atoms with E-state index in [9.17, 15) is 14.0 Å². The highest BCUT2D eigenvalue weighted by molar-refractivity contribution is 6.00. The van der Waals surface area contributed by atoms with Gasteiger partial charge in [-0.05, 0) is 55.2 Å². The van der Waals surface area contributed by atoms with E-state index in [2.05, 4.69) is 15.6 Å². The van der Waals surface area contributed by atoms with Crippen molar-refractivity contribution in [2.24, 2.45) is 5.41 Å². The molecule has 37 heavy (non-hydrogen) atoms. The first-order chi connectivity index (χ1) is 17.5. The highest BCUT2D eigenvalue weighted by atomic mass is 19.1. The largest absolute Gasteiger partial charge is 0.382 e. The van der Waals surface area contributed by atoms with E-state index in [0.717, 1.165) is 11.6 Å². The third-order valence-corrected chi connectivity index (χ3v) is 5.62. The Kier molecular flexibility index (Phi) is 8.84. The van der Waals surface area contributed by atoms with Crippen LogP contribution < -0.4 is 15.5 Å². The molecule has 3 aromatic rings. The van der Waals surface area contributed by atoms with Crippen LogP contribution in [0.4, 0.5) is 26.5 Å². The van der Waals surface area contributed by atoms with E-state index in [4.69, 9.17) is 10.00 Å². The van der Waals surface area contributed by atoms with Crippen molar-refractivity contribution in [1.82, 2.24) is 9.55 Å². The van der Waals surface area contributed by atoms with Crippen LogP contribution in [0, 0.1) is 22.6 Å². The zero-order chi connectivity index (χ0) is 27.2. The second-order valence-corrected chi connectivity index (χ2v) is 9.89. The lowest BCUT2D eigenvalue weighted by atomic mass is 9.91. The number of carbonyl (C=O) groups is 2. The van der Waals surface area contributed by atoms with Crippen molar-refractivity contribution in [3.8, 4) is 6.07 Å². The van der Waals surface area contributed by atoms with Crippen molar-refractivity contribution in [2.45, 2.75) is 47.1 Å². The highest BCUT2D eigenvalue weighted by Crippen LogP contribution is 2.27. The Morgan fingerprint density at radius 2 is 1.95 bits per heavy atom. The Balaban J connectivity index is 1.87. The van der Waals surface area contributed by atoms with Crippen LogP contribution in [0.25, 0.3) is 11.0 Å². The zero-order valence-electron chi connectivity index (χ0n) is 21.9. The predicted octanol–water partition coefficient (Wildman–Crippen LogP) is 5.52. The van der Waals surface area contributed by atoms with Gasteiger partial charge < -0.3 is 19.5 Å². The number of anilines is 3. The minimum absolute atomic E-state index is 0.00300. The number of urea groups is 1. The van der Waals surface area contributed by atoms with E-state index in [1.54, 1.807) is 18.0 Å². The van der Waals surface area contributed by atoms with Gasteiger partial charge in [0.2, 0.25) is 11.9 Å². The number of nitrogens with zero attached hydrogens (tertiary/aromatic N) is 4. The number of rotatable bonds is 9. The Morgan fingerprint density at radius 1 is 1.19 bits per heavy atom. The number of halogens is 1. The summed E-state index contributed by atoms with van der Waals surface area (Å²) >= 11 is 0. The molecule has 0 saturated carbocycles. The number of hydrogen-bond acceptors (Lipinski definition) is 5. The van der Waals surface area contributed by atoms with Gasteiger partial charge >= 0.3 is 6.03 Å². The van der Waals surface area contributed by atoms with Crippen LogP contribution in [-0.2, 0) is 16.1 Å². The first-order valence-electron chi connectivity index (χ1n) is 12.1. The molecule has 0 aliphatic rings. The molecule has 3 amide bonds. The highest BCUT2D eigenvalue weighted by Gasteiger charge is 2.21. The molecule has 1 heterocycles. The van der Waals surface area contributed by atoms with Gasteiger partial charge in [-0.25, -0.2) is 14.2 Å². The summed E-state index contributed by atoms with van der Waals surface area (Å²) in [4.78, 5) is 31.7. The molecule has 9 nitrogen and oxygen atoms in total. The number of aryl methyl sites for hydroxylation is 1. The lowest BCUT2D eigenvalue weighted by Gasteiger charge is -2.23. The van der Waals surface area contributed by atoms with E-state index in [1.165, 1.54) is 12.1 Å². The van der Waals surface area contributed by atoms with Gasteiger partial charge in [0.25, 0.3) is 0 Å². The molecule has 0 aliphatic heterocycles. The standard InChI is InChI=1S/C27H33FN6O3/c1-6-37-13-7-12-34-23-11-9-20(33(5)24(35)16-27(2,3)4)15-22(23)31-25(34)32-26(36)30-19-8-10-21(28)18(14-19)17-29/h8-11,14-15H,6-7,12-13,16H2,1-5H3,(H2,30,31,32,36). The molecule has 2 aromatic carbocycles. The molecule has 10 heteroatoms. The fourth-order valence-electron chi connectivity index (χ4n) is 3.79. The van der Waals surface area contributed by atoms with Crippen molar-refractivity contribution in [3.63, 3.8) is 0 Å². The van der Waals surface area contributed by atoms with Gasteiger partial charge in [0.05, 0.1) is 16.6 Å². The Bertz CT molecular complexity index is 1320. The first-order valence-corrected chi connectivity index (χ1v) is 12.1. The quantitative estimate of drug-likeness (QED) is 0.370. The molecule has 3 rings (SSSR count). The normalized spacial score (nSPS) is 11.3. The maximum Gasteiger partial charge on any atom is 0.326 e. The molecule has 0 fully saturated rings. The van der Waals surface area contributed by atoms with E-state index >= 15 is 0 Å². The van der Waals surface area contributed by atoms with Crippen LogP contribution in [0.2, 0.25) is 0 Å². The Morgan fingerprint density at radius 3 is 2.62 bits per heavy atom. The van der Waals surface area contributed by atoms with Crippen LogP contribution in [0.5, 0.6) is 0 Å². The molecule has 0 bridgehead atoms. The van der Waals surface area contributed by atoms with Gasteiger partial charge in [0.15, 0.2) is 0 Å². The predicted molar refractivity (Wildman–Crippen MR) is 142 cm³/mol. The molecule has 0 spiro atoms.